The summed E-state index contributed by atoms with van der Waals surface area (Å²) in [6.45, 7) is -0.116. The third-order valence-corrected chi connectivity index (χ3v) is 6.74. The van der Waals surface area contributed by atoms with E-state index in [1.807, 2.05) is 24.3 Å². The number of hydrogen-bond acceptors (Lipinski definition) is 5. The van der Waals surface area contributed by atoms with Crippen molar-refractivity contribution in [2.24, 2.45) is 0 Å². The Bertz CT molecular complexity index is 1330. The van der Waals surface area contributed by atoms with Crippen LogP contribution in [-0.2, 0) is 14.8 Å². The highest BCUT2D eigenvalue weighted by atomic mass is 32.2. The Kier molecular flexibility index (Phi) is 5.46. The molecule has 0 spiro atoms. The number of sulfonamides is 1. The Morgan fingerprint density at radius 1 is 1.00 bits per heavy atom. The van der Waals surface area contributed by atoms with Crippen molar-refractivity contribution in [3.63, 3.8) is 0 Å². The lowest BCUT2D eigenvalue weighted by molar-refractivity contribution is -0.116. The van der Waals surface area contributed by atoms with E-state index in [9.17, 15) is 22.0 Å². The number of halogens is 2. The summed E-state index contributed by atoms with van der Waals surface area (Å²) < 4.78 is 54.3. The largest absolute Gasteiger partial charge is 0.302 e. The standard InChI is InChI=1S/C20H15F2N3O3S2/c21-15-10-17-18(11-16(15)22)29-20(24-17)25-19(26)7-8-23-30(27,28)14-6-5-12-3-1-2-4-13(12)9-14/h1-6,9-11,23H,7-8H2,(H,24,25,26). The van der Waals surface area contributed by atoms with Crippen molar-refractivity contribution in [2.75, 3.05) is 11.9 Å². The van der Waals surface area contributed by atoms with E-state index < -0.39 is 27.6 Å². The minimum Gasteiger partial charge on any atom is -0.302 e. The molecule has 0 radical (unpaired) electrons. The number of aromatic nitrogens is 1. The topological polar surface area (TPSA) is 88.2 Å². The smallest absolute Gasteiger partial charge is 0.240 e. The number of anilines is 1. The quantitative estimate of drug-likeness (QED) is 0.467. The van der Waals surface area contributed by atoms with Crippen LogP contribution in [0.3, 0.4) is 0 Å². The number of nitrogens with one attached hydrogen (secondary N) is 2. The van der Waals surface area contributed by atoms with E-state index in [1.54, 1.807) is 12.1 Å². The lowest BCUT2D eigenvalue weighted by atomic mass is 10.1. The molecule has 0 aliphatic carbocycles. The van der Waals surface area contributed by atoms with Gasteiger partial charge in [0.1, 0.15) is 0 Å². The molecule has 4 aromatic rings. The van der Waals surface area contributed by atoms with E-state index in [-0.39, 0.29) is 28.5 Å². The second kappa shape index (κ2) is 8.05. The van der Waals surface area contributed by atoms with Crippen molar-refractivity contribution in [3.8, 4) is 0 Å². The van der Waals surface area contributed by atoms with Gasteiger partial charge in [-0.1, -0.05) is 41.7 Å². The zero-order chi connectivity index (χ0) is 21.3. The third-order valence-electron chi connectivity index (χ3n) is 4.35. The van der Waals surface area contributed by atoms with Gasteiger partial charge in [-0.25, -0.2) is 26.9 Å². The molecule has 0 aliphatic rings. The Morgan fingerprint density at radius 3 is 2.53 bits per heavy atom. The summed E-state index contributed by atoms with van der Waals surface area (Å²) >= 11 is 0.997. The molecule has 1 amide bonds. The Balaban J connectivity index is 1.37. The number of hydrogen-bond donors (Lipinski definition) is 2. The molecular formula is C20H15F2N3O3S2. The van der Waals surface area contributed by atoms with Crippen LogP contribution in [0.1, 0.15) is 6.42 Å². The van der Waals surface area contributed by atoms with Crippen molar-refractivity contribution in [1.82, 2.24) is 9.71 Å². The molecule has 30 heavy (non-hydrogen) atoms. The third kappa shape index (κ3) is 4.30. The van der Waals surface area contributed by atoms with Gasteiger partial charge in [0.25, 0.3) is 0 Å². The maximum atomic E-state index is 13.3. The Morgan fingerprint density at radius 2 is 1.73 bits per heavy atom. The van der Waals surface area contributed by atoms with Crippen molar-refractivity contribution in [2.45, 2.75) is 11.3 Å². The van der Waals surface area contributed by atoms with Crippen molar-refractivity contribution < 1.29 is 22.0 Å². The minimum absolute atomic E-state index is 0.108. The van der Waals surface area contributed by atoms with Crippen LogP contribution >= 0.6 is 11.3 Å². The van der Waals surface area contributed by atoms with E-state index in [0.717, 1.165) is 34.2 Å². The average molecular weight is 447 g/mol. The molecule has 3 aromatic carbocycles. The summed E-state index contributed by atoms with van der Waals surface area (Å²) in [5.74, 6) is -2.49. The molecule has 0 atom stereocenters. The fourth-order valence-electron chi connectivity index (χ4n) is 2.88. The van der Waals surface area contributed by atoms with Gasteiger partial charge in [0.15, 0.2) is 16.8 Å². The predicted octanol–water partition coefficient (Wildman–Crippen LogP) is 4.03. The zero-order valence-electron chi connectivity index (χ0n) is 15.4. The molecule has 6 nitrogen and oxygen atoms in total. The number of carbonyl (C=O) groups excluding carboxylic acids is 1. The monoisotopic (exact) mass is 447 g/mol. The molecular weight excluding hydrogens is 432 g/mol. The summed E-state index contributed by atoms with van der Waals surface area (Å²) in [5.41, 5.74) is 0.228. The second-order valence-electron chi connectivity index (χ2n) is 6.46. The van der Waals surface area contributed by atoms with Gasteiger partial charge in [-0.2, -0.15) is 0 Å². The molecule has 2 N–H and O–H groups in total. The fourth-order valence-corrected chi connectivity index (χ4v) is 4.83. The van der Waals surface area contributed by atoms with Gasteiger partial charge in [0.2, 0.25) is 15.9 Å². The Hall–Kier alpha value is -2.95. The van der Waals surface area contributed by atoms with Gasteiger partial charge in [-0.15, -0.1) is 0 Å². The first-order valence-electron chi connectivity index (χ1n) is 8.86. The molecule has 4 rings (SSSR count). The van der Waals surface area contributed by atoms with Crippen molar-refractivity contribution in [3.05, 3.63) is 66.2 Å². The van der Waals surface area contributed by atoms with Crippen molar-refractivity contribution >= 4 is 53.4 Å². The van der Waals surface area contributed by atoms with Gasteiger partial charge in [-0.3, -0.25) is 4.79 Å². The number of nitrogens with zero attached hydrogens (tertiary/aromatic N) is 1. The predicted molar refractivity (Wildman–Crippen MR) is 112 cm³/mol. The average Bonchev–Trinajstić information content (AvgIpc) is 3.08. The number of carbonyl (C=O) groups is 1. The molecule has 10 heteroatoms. The summed E-state index contributed by atoms with van der Waals surface area (Å²) in [6.07, 6.45) is -0.133. The van der Waals surface area contributed by atoms with E-state index >= 15 is 0 Å². The summed E-state index contributed by atoms with van der Waals surface area (Å²) in [5, 5.41) is 4.40. The number of benzene rings is 3. The lowest BCUT2D eigenvalue weighted by Gasteiger charge is -2.08. The van der Waals surface area contributed by atoms with Crippen LogP contribution in [0.25, 0.3) is 21.0 Å². The van der Waals surface area contributed by atoms with E-state index in [0.29, 0.717) is 4.70 Å². The SMILES string of the molecule is O=C(CCNS(=O)(=O)c1ccc2ccccc2c1)Nc1nc2cc(F)c(F)cc2s1. The number of rotatable bonds is 6. The molecule has 0 unspecified atom stereocenters. The normalized spacial score (nSPS) is 11.8. The maximum Gasteiger partial charge on any atom is 0.240 e. The maximum absolute atomic E-state index is 13.3. The van der Waals surface area contributed by atoms with Gasteiger partial charge in [0.05, 0.1) is 15.1 Å². The molecule has 154 valence electrons. The molecule has 1 heterocycles. The zero-order valence-corrected chi connectivity index (χ0v) is 17.0. The van der Waals surface area contributed by atoms with E-state index in [1.165, 1.54) is 6.07 Å². The number of thiazole rings is 1. The molecule has 0 fully saturated rings. The van der Waals surface area contributed by atoms with Gasteiger partial charge in [-0.05, 0) is 29.0 Å². The van der Waals surface area contributed by atoms with Gasteiger partial charge < -0.3 is 5.32 Å². The number of fused-ring (bicyclic) bond motifs is 2. The number of amides is 1. The second-order valence-corrected chi connectivity index (χ2v) is 9.26. The lowest BCUT2D eigenvalue weighted by Crippen LogP contribution is -2.27. The van der Waals surface area contributed by atoms with Crippen LogP contribution in [0.5, 0.6) is 0 Å². The molecule has 0 saturated carbocycles. The van der Waals surface area contributed by atoms with E-state index in [4.69, 9.17) is 0 Å². The fraction of sp³-hybridized carbons (Fsp3) is 0.100. The first-order valence-corrected chi connectivity index (χ1v) is 11.2. The first kappa shape index (κ1) is 20.3. The van der Waals surface area contributed by atoms with Crippen LogP contribution in [0.4, 0.5) is 13.9 Å². The highest BCUT2D eigenvalue weighted by molar-refractivity contribution is 7.89. The van der Waals surface area contributed by atoms with Gasteiger partial charge in [0, 0.05) is 19.0 Å². The first-order chi connectivity index (χ1) is 14.3. The highest BCUT2D eigenvalue weighted by Gasteiger charge is 2.16. The van der Waals surface area contributed by atoms with Crippen LogP contribution in [-0.4, -0.2) is 25.9 Å². The molecule has 0 aliphatic heterocycles. The van der Waals surface area contributed by atoms with Crippen LogP contribution in [0.15, 0.2) is 59.5 Å². The van der Waals surface area contributed by atoms with Crippen LogP contribution in [0.2, 0.25) is 0 Å². The van der Waals surface area contributed by atoms with E-state index in [2.05, 4.69) is 15.0 Å². The van der Waals surface area contributed by atoms with Crippen LogP contribution < -0.4 is 10.0 Å². The van der Waals surface area contributed by atoms with Crippen molar-refractivity contribution in [1.29, 1.82) is 0 Å². The summed E-state index contributed by atoms with van der Waals surface area (Å²) in [4.78, 5) is 16.2. The van der Waals surface area contributed by atoms with Gasteiger partial charge >= 0.3 is 0 Å². The molecule has 0 saturated heterocycles. The van der Waals surface area contributed by atoms with Crippen LogP contribution in [0, 0.1) is 11.6 Å². The summed E-state index contributed by atoms with van der Waals surface area (Å²) in [6, 6.07) is 14.1. The Labute approximate surface area is 174 Å². The summed E-state index contributed by atoms with van der Waals surface area (Å²) in [7, 11) is -3.78. The minimum atomic E-state index is -3.78. The molecule has 0 bridgehead atoms. The highest BCUT2D eigenvalue weighted by Crippen LogP contribution is 2.27. The molecule has 1 aromatic heterocycles.